The zero-order chi connectivity index (χ0) is 15.2. The third-order valence-corrected chi connectivity index (χ3v) is 4.14. The van der Waals surface area contributed by atoms with E-state index in [0.29, 0.717) is 12.8 Å². The van der Waals surface area contributed by atoms with Gasteiger partial charge in [-0.2, -0.15) is 0 Å². The molecular weight excluding hydrogens is 276 g/mol. The summed E-state index contributed by atoms with van der Waals surface area (Å²) >= 11 is 0. The van der Waals surface area contributed by atoms with Gasteiger partial charge in [-0.15, -0.1) is 0 Å². The molecule has 2 aromatic rings. The molecule has 1 amide bonds. The fourth-order valence-electron chi connectivity index (χ4n) is 2.91. The normalized spacial score (nSPS) is 15.6. The van der Waals surface area contributed by atoms with Crippen LogP contribution in [-0.4, -0.2) is 37.0 Å². The highest BCUT2D eigenvalue weighted by Crippen LogP contribution is 2.16. The van der Waals surface area contributed by atoms with Crippen molar-refractivity contribution in [2.24, 2.45) is 0 Å². The van der Waals surface area contributed by atoms with E-state index in [1.54, 1.807) is 6.26 Å². The van der Waals surface area contributed by atoms with Crippen molar-refractivity contribution in [1.29, 1.82) is 0 Å². The molecular formula is C18H22N2O2. The van der Waals surface area contributed by atoms with Gasteiger partial charge >= 0.3 is 0 Å². The van der Waals surface area contributed by atoms with Crippen molar-refractivity contribution in [3.8, 4) is 0 Å². The Labute approximate surface area is 131 Å². The molecule has 0 saturated carbocycles. The van der Waals surface area contributed by atoms with E-state index in [9.17, 15) is 4.79 Å². The maximum Gasteiger partial charge on any atom is 0.223 e. The van der Waals surface area contributed by atoms with Crippen molar-refractivity contribution in [1.82, 2.24) is 4.90 Å². The highest BCUT2D eigenvalue weighted by Gasteiger charge is 2.19. The van der Waals surface area contributed by atoms with Gasteiger partial charge in [0.1, 0.15) is 5.76 Å². The fraction of sp³-hybridized carbons (Fsp3) is 0.389. The molecule has 1 fully saturated rings. The monoisotopic (exact) mass is 298 g/mol. The Bertz CT molecular complexity index is 580. The van der Waals surface area contributed by atoms with Crippen LogP contribution in [0.25, 0.3) is 0 Å². The lowest BCUT2D eigenvalue weighted by molar-refractivity contribution is -0.131. The number of nitrogens with zero attached hydrogens (tertiary/aromatic N) is 2. The summed E-state index contributed by atoms with van der Waals surface area (Å²) in [5, 5.41) is 0. The number of benzene rings is 1. The quantitative estimate of drug-likeness (QED) is 0.871. The van der Waals surface area contributed by atoms with Gasteiger partial charge in [0.05, 0.1) is 6.26 Å². The second-order valence-electron chi connectivity index (χ2n) is 5.64. The maximum atomic E-state index is 12.4. The van der Waals surface area contributed by atoms with Crippen LogP contribution in [0, 0.1) is 0 Å². The molecule has 1 aliphatic rings. The lowest BCUT2D eigenvalue weighted by Crippen LogP contribution is -2.35. The molecule has 0 radical (unpaired) electrons. The standard InChI is InChI=1S/C18H22N2O2/c21-18(10-9-17-8-4-15-22-17)20-12-5-11-19(13-14-20)16-6-2-1-3-7-16/h1-4,6-8,15H,5,9-14H2. The molecule has 3 rings (SSSR count). The molecule has 2 heterocycles. The van der Waals surface area contributed by atoms with Crippen molar-refractivity contribution in [2.45, 2.75) is 19.3 Å². The summed E-state index contributed by atoms with van der Waals surface area (Å²) in [6.07, 6.45) is 3.88. The first-order chi connectivity index (χ1) is 10.8. The minimum atomic E-state index is 0.228. The molecule has 0 aliphatic carbocycles. The minimum absolute atomic E-state index is 0.228. The van der Waals surface area contributed by atoms with Crippen molar-refractivity contribution >= 4 is 11.6 Å². The van der Waals surface area contributed by atoms with Gasteiger partial charge in [-0.3, -0.25) is 4.79 Å². The number of hydrogen-bond acceptors (Lipinski definition) is 3. The molecule has 0 spiro atoms. The third-order valence-electron chi connectivity index (χ3n) is 4.14. The first-order valence-corrected chi connectivity index (χ1v) is 7.93. The summed E-state index contributed by atoms with van der Waals surface area (Å²) in [6, 6.07) is 14.2. The van der Waals surface area contributed by atoms with Crippen LogP contribution in [-0.2, 0) is 11.2 Å². The molecule has 1 aliphatic heterocycles. The summed E-state index contributed by atoms with van der Waals surface area (Å²) in [6.45, 7) is 3.55. The number of carbonyl (C=O) groups is 1. The molecule has 0 N–H and O–H groups in total. The number of para-hydroxylation sites is 1. The van der Waals surface area contributed by atoms with Crippen LogP contribution < -0.4 is 4.90 Å². The van der Waals surface area contributed by atoms with Gasteiger partial charge < -0.3 is 14.2 Å². The number of rotatable bonds is 4. The van der Waals surface area contributed by atoms with Crippen LogP contribution in [0.1, 0.15) is 18.6 Å². The average Bonchev–Trinajstić information content (AvgIpc) is 2.96. The van der Waals surface area contributed by atoms with E-state index < -0.39 is 0 Å². The summed E-state index contributed by atoms with van der Waals surface area (Å²) in [5.41, 5.74) is 1.24. The summed E-state index contributed by atoms with van der Waals surface area (Å²) in [4.78, 5) is 16.7. The van der Waals surface area contributed by atoms with Gasteiger partial charge in [0.25, 0.3) is 0 Å². The van der Waals surface area contributed by atoms with Crippen LogP contribution >= 0.6 is 0 Å². The predicted molar refractivity (Wildman–Crippen MR) is 86.9 cm³/mol. The largest absolute Gasteiger partial charge is 0.469 e. The number of hydrogen-bond donors (Lipinski definition) is 0. The third kappa shape index (κ3) is 3.70. The zero-order valence-corrected chi connectivity index (χ0v) is 12.8. The number of amides is 1. The molecule has 0 unspecified atom stereocenters. The molecule has 116 valence electrons. The van der Waals surface area contributed by atoms with Crippen LogP contribution in [0.3, 0.4) is 0 Å². The van der Waals surface area contributed by atoms with Crippen LogP contribution in [0.4, 0.5) is 5.69 Å². The second kappa shape index (κ2) is 7.16. The number of aryl methyl sites for hydroxylation is 1. The Kier molecular flexibility index (Phi) is 4.78. The minimum Gasteiger partial charge on any atom is -0.469 e. The Morgan fingerprint density at radius 2 is 1.86 bits per heavy atom. The predicted octanol–water partition coefficient (Wildman–Crippen LogP) is 2.95. The first kappa shape index (κ1) is 14.7. The lowest BCUT2D eigenvalue weighted by atomic mass is 10.2. The van der Waals surface area contributed by atoms with Crippen molar-refractivity contribution in [3.63, 3.8) is 0 Å². The second-order valence-corrected chi connectivity index (χ2v) is 5.64. The molecule has 4 heteroatoms. The molecule has 1 saturated heterocycles. The highest BCUT2D eigenvalue weighted by atomic mass is 16.3. The van der Waals surface area contributed by atoms with E-state index in [1.807, 2.05) is 23.1 Å². The highest BCUT2D eigenvalue weighted by molar-refractivity contribution is 5.76. The van der Waals surface area contributed by atoms with Gasteiger partial charge in [0.15, 0.2) is 0 Å². The topological polar surface area (TPSA) is 36.7 Å². The summed E-state index contributed by atoms with van der Waals surface area (Å²) in [7, 11) is 0. The van der Waals surface area contributed by atoms with Crippen molar-refractivity contribution < 1.29 is 9.21 Å². The molecule has 22 heavy (non-hydrogen) atoms. The van der Waals surface area contributed by atoms with Crippen LogP contribution in [0.5, 0.6) is 0 Å². The number of carbonyl (C=O) groups excluding carboxylic acids is 1. The first-order valence-electron chi connectivity index (χ1n) is 7.93. The molecule has 1 aromatic carbocycles. The number of furan rings is 1. The van der Waals surface area contributed by atoms with Gasteiger partial charge in [-0.1, -0.05) is 18.2 Å². The van der Waals surface area contributed by atoms with E-state index in [1.165, 1.54) is 5.69 Å². The Morgan fingerprint density at radius 1 is 1.00 bits per heavy atom. The molecule has 4 nitrogen and oxygen atoms in total. The van der Waals surface area contributed by atoms with E-state index >= 15 is 0 Å². The van der Waals surface area contributed by atoms with E-state index in [2.05, 4.69) is 29.2 Å². The van der Waals surface area contributed by atoms with Gasteiger partial charge in [0, 0.05) is 44.7 Å². The lowest BCUT2D eigenvalue weighted by Gasteiger charge is -2.23. The number of anilines is 1. The van der Waals surface area contributed by atoms with E-state index in [0.717, 1.165) is 38.4 Å². The Morgan fingerprint density at radius 3 is 2.64 bits per heavy atom. The smallest absolute Gasteiger partial charge is 0.223 e. The van der Waals surface area contributed by atoms with Crippen molar-refractivity contribution in [2.75, 3.05) is 31.1 Å². The van der Waals surface area contributed by atoms with Gasteiger partial charge in [-0.05, 0) is 30.7 Å². The zero-order valence-electron chi connectivity index (χ0n) is 12.8. The van der Waals surface area contributed by atoms with Gasteiger partial charge in [-0.25, -0.2) is 0 Å². The average molecular weight is 298 g/mol. The Balaban J connectivity index is 1.52. The SMILES string of the molecule is O=C(CCc1ccco1)N1CCCN(c2ccccc2)CC1. The van der Waals surface area contributed by atoms with E-state index in [4.69, 9.17) is 4.42 Å². The van der Waals surface area contributed by atoms with E-state index in [-0.39, 0.29) is 5.91 Å². The van der Waals surface area contributed by atoms with Crippen LogP contribution in [0.2, 0.25) is 0 Å². The molecule has 0 bridgehead atoms. The summed E-state index contributed by atoms with van der Waals surface area (Å²) < 4.78 is 5.29. The van der Waals surface area contributed by atoms with Gasteiger partial charge in [0.2, 0.25) is 5.91 Å². The van der Waals surface area contributed by atoms with Crippen LogP contribution in [0.15, 0.2) is 53.1 Å². The van der Waals surface area contributed by atoms with Crippen molar-refractivity contribution in [3.05, 3.63) is 54.5 Å². The molecule has 0 atom stereocenters. The maximum absolute atomic E-state index is 12.4. The Hall–Kier alpha value is -2.23. The summed E-state index contributed by atoms with van der Waals surface area (Å²) in [5.74, 6) is 1.11. The fourth-order valence-corrected chi connectivity index (χ4v) is 2.91. The molecule has 1 aromatic heterocycles.